The zero-order valence-corrected chi connectivity index (χ0v) is 10.7. The SMILES string of the molecule is [Ir].[c-]1ccccc1-c1ncn2ccncc12. The van der Waals surface area contributed by atoms with E-state index in [-0.39, 0.29) is 20.1 Å². The molecule has 0 amide bonds. The predicted octanol–water partition coefficient (Wildman–Crippen LogP) is 2.19. The first kappa shape index (κ1) is 11.0. The van der Waals surface area contributed by atoms with Crippen LogP contribution in [0.2, 0.25) is 0 Å². The summed E-state index contributed by atoms with van der Waals surface area (Å²) in [5.74, 6) is 0. The largest absolute Gasteiger partial charge is 0.312 e. The molecule has 0 spiro atoms. The van der Waals surface area contributed by atoms with Crippen LogP contribution in [0.1, 0.15) is 0 Å². The molecule has 3 rings (SSSR count). The number of imidazole rings is 1. The molecule has 0 aliphatic rings. The molecule has 0 aliphatic carbocycles. The predicted molar refractivity (Wildman–Crippen MR) is 57.3 cm³/mol. The Bertz CT molecular complexity index is 589. The topological polar surface area (TPSA) is 30.2 Å². The zero-order chi connectivity index (χ0) is 10.1. The molecule has 3 aromatic rings. The summed E-state index contributed by atoms with van der Waals surface area (Å²) >= 11 is 0. The van der Waals surface area contributed by atoms with Crippen LogP contribution in [0.5, 0.6) is 0 Å². The molecule has 1 radical (unpaired) electrons. The van der Waals surface area contributed by atoms with Crippen LogP contribution in [-0.4, -0.2) is 14.4 Å². The minimum atomic E-state index is 0. The van der Waals surface area contributed by atoms with E-state index >= 15 is 0 Å². The van der Waals surface area contributed by atoms with Gasteiger partial charge in [0.2, 0.25) is 0 Å². The van der Waals surface area contributed by atoms with Crippen LogP contribution in [0.15, 0.2) is 49.2 Å². The summed E-state index contributed by atoms with van der Waals surface area (Å²) in [7, 11) is 0. The average Bonchev–Trinajstić information content (AvgIpc) is 2.74. The van der Waals surface area contributed by atoms with E-state index in [4.69, 9.17) is 0 Å². The van der Waals surface area contributed by atoms with Gasteiger partial charge < -0.3 is 4.40 Å². The second-order valence-electron chi connectivity index (χ2n) is 3.24. The maximum Gasteiger partial charge on any atom is 0.0884 e. The third-order valence-electron chi connectivity index (χ3n) is 2.31. The van der Waals surface area contributed by atoms with E-state index in [9.17, 15) is 0 Å². The standard InChI is InChI=1S/C12H8N3.Ir/c1-2-4-10(5-3-1)12-11-8-13-6-7-15(11)9-14-12;/h1-4,6-9H;/q-1;. The summed E-state index contributed by atoms with van der Waals surface area (Å²) in [4.78, 5) is 8.45. The van der Waals surface area contributed by atoms with Gasteiger partial charge in [-0.1, -0.05) is 0 Å². The van der Waals surface area contributed by atoms with Gasteiger partial charge in [-0.15, -0.1) is 35.9 Å². The van der Waals surface area contributed by atoms with Gasteiger partial charge in [-0.25, -0.2) is 0 Å². The van der Waals surface area contributed by atoms with Gasteiger partial charge in [-0.2, -0.15) is 0 Å². The molecule has 81 valence electrons. The summed E-state index contributed by atoms with van der Waals surface area (Å²) in [5.41, 5.74) is 2.91. The fraction of sp³-hybridized carbons (Fsp3) is 0. The summed E-state index contributed by atoms with van der Waals surface area (Å²) in [6.45, 7) is 0. The molecule has 2 aromatic heterocycles. The van der Waals surface area contributed by atoms with Gasteiger partial charge in [0.25, 0.3) is 0 Å². The zero-order valence-electron chi connectivity index (χ0n) is 8.29. The van der Waals surface area contributed by atoms with Crippen LogP contribution in [0.25, 0.3) is 16.8 Å². The number of nitrogens with zero attached hydrogens (tertiary/aromatic N) is 3. The van der Waals surface area contributed by atoms with Gasteiger partial charge in [0.05, 0.1) is 6.33 Å². The minimum Gasteiger partial charge on any atom is -0.312 e. The summed E-state index contributed by atoms with van der Waals surface area (Å²) in [6.07, 6.45) is 7.22. The van der Waals surface area contributed by atoms with Crippen molar-refractivity contribution in [3.63, 3.8) is 0 Å². The van der Waals surface area contributed by atoms with Gasteiger partial charge in [0.15, 0.2) is 0 Å². The van der Waals surface area contributed by atoms with E-state index in [1.807, 2.05) is 41.1 Å². The molecule has 0 bridgehead atoms. The van der Waals surface area contributed by atoms with Crippen molar-refractivity contribution >= 4 is 5.52 Å². The molecule has 3 nitrogen and oxygen atoms in total. The Balaban J connectivity index is 0.000000963. The van der Waals surface area contributed by atoms with Crippen molar-refractivity contribution in [2.45, 2.75) is 0 Å². The molecule has 0 fully saturated rings. The Labute approximate surface area is 107 Å². The van der Waals surface area contributed by atoms with Crippen molar-refractivity contribution in [2.75, 3.05) is 0 Å². The fourth-order valence-electron chi connectivity index (χ4n) is 1.59. The number of rotatable bonds is 1. The van der Waals surface area contributed by atoms with E-state index in [2.05, 4.69) is 16.0 Å². The Morgan fingerprint density at radius 3 is 3.00 bits per heavy atom. The van der Waals surface area contributed by atoms with Crippen LogP contribution in [0, 0.1) is 6.07 Å². The molecule has 0 aliphatic heterocycles. The second kappa shape index (κ2) is 4.56. The molecule has 1 aromatic carbocycles. The summed E-state index contributed by atoms with van der Waals surface area (Å²) in [6, 6.07) is 11.0. The Hall–Kier alpha value is -1.51. The summed E-state index contributed by atoms with van der Waals surface area (Å²) in [5, 5.41) is 0. The van der Waals surface area contributed by atoms with E-state index in [1.54, 1.807) is 12.5 Å². The van der Waals surface area contributed by atoms with Crippen LogP contribution in [0.4, 0.5) is 0 Å². The molecule has 16 heavy (non-hydrogen) atoms. The molecular weight excluding hydrogens is 378 g/mol. The van der Waals surface area contributed by atoms with Crippen LogP contribution < -0.4 is 0 Å². The number of hydrogen-bond donors (Lipinski definition) is 0. The smallest absolute Gasteiger partial charge is 0.0884 e. The van der Waals surface area contributed by atoms with Crippen molar-refractivity contribution in [3.8, 4) is 11.3 Å². The Kier molecular flexibility index (Phi) is 3.13. The van der Waals surface area contributed by atoms with E-state index in [1.165, 1.54) is 0 Å². The number of benzene rings is 1. The Morgan fingerprint density at radius 1 is 1.25 bits per heavy atom. The first-order chi connectivity index (χ1) is 7.45. The molecular formula is C12H8IrN3-. The average molecular weight is 386 g/mol. The van der Waals surface area contributed by atoms with Crippen molar-refractivity contribution in [2.24, 2.45) is 0 Å². The quantitative estimate of drug-likeness (QED) is 0.601. The van der Waals surface area contributed by atoms with Crippen molar-refractivity contribution < 1.29 is 20.1 Å². The van der Waals surface area contributed by atoms with Gasteiger partial charge in [0, 0.05) is 49.9 Å². The Morgan fingerprint density at radius 2 is 2.19 bits per heavy atom. The molecule has 4 heteroatoms. The maximum absolute atomic E-state index is 4.36. The number of hydrogen-bond acceptors (Lipinski definition) is 2. The van der Waals surface area contributed by atoms with Crippen molar-refractivity contribution in [1.29, 1.82) is 0 Å². The van der Waals surface area contributed by atoms with Gasteiger partial charge in [-0.05, 0) is 0 Å². The van der Waals surface area contributed by atoms with Crippen LogP contribution in [-0.2, 0) is 20.1 Å². The molecule has 0 N–H and O–H groups in total. The van der Waals surface area contributed by atoms with Crippen molar-refractivity contribution in [3.05, 3.63) is 55.2 Å². The molecule has 0 saturated heterocycles. The maximum atomic E-state index is 4.36. The van der Waals surface area contributed by atoms with Gasteiger partial charge >= 0.3 is 0 Å². The first-order valence-electron chi connectivity index (χ1n) is 4.69. The molecule has 0 unspecified atom stereocenters. The van der Waals surface area contributed by atoms with Crippen LogP contribution >= 0.6 is 0 Å². The number of aromatic nitrogens is 3. The van der Waals surface area contributed by atoms with Crippen molar-refractivity contribution in [1.82, 2.24) is 14.4 Å². The van der Waals surface area contributed by atoms with E-state index in [0.29, 0.717) is 0 Å². The van der Waals surface area contributed by atoms with E-state index < -0.39 is 0 Å². The summed E-state index contributed by atoms with van der Waals surface area (Å²) < 4.78 is 1.95. The number of fused-ring (bicyclic) bond motifs is 1. The molecule has 0 atom stereocenters. The fourth-order valence-corrected chi connectivity index (χ4v) is 1.59. The third-order valence-corrected chi connectivity index (χ3v) is 2.31. The van der Waals surface area contributed by atoms with E-state index in [0.717, 1.165) is 16.8 Å². The minimum absolute atomic E-state index is 0. The normalized spacial score (nSPS) is 10.0. The molecule has 2 heterocycles. The second-order valence-corrected chi connectivity index (χ2v) is 3.24. The monoisotopic (exact) mass is 387 g/mol. The van der Waals surface area contributed by atoms with Crippen LogP contribution in [0.3, 0.4) is 0 Å². The first-order valence-corrected chi connectivity index (χ1v) is 4.69. The third kappa shape index (κ3) is 1.77. The molecule has 0 saturated carbocycles. The van der Waals surface area contributed by atoms with Gasteiger partial charge in [0.1, 0.15) is 0 Å². The van der Waals surface area contributed by atoms with Gasteiger partial charge in [-0.3, -0.25) is 9.97 Å².